The summed E-state index contributed by atoms with van der Waals surface area (Å²) in [7, 11) is 0. The van der Waals surface area contributed by atoms with Crippen molar-refractivity contribution in [1.29, 1.82) is 0 Å². The minimum absolute atomic E-state index is 0.107. The Morgan fingerprint density at radius 3 is 3.00 bits per heavy atom. The van der Waals surface area contributed by atoms with Crippen molar-refractivity contribution in [2.75, 3.05) is 12.3 Å². The van der Waals surface area contributed by atoms with Gasteiger partial charge in [-0.25, -0.2) is 4.98 Å². The lowest BCUT2D eigenvalue weighted by Crippen LogP contribution is -2.29. The molecule has 0 saturated heterocycles. The fourth-order valence-corrected chi connectivity index (χ4v) is 2.47. The Morgan fingerprint density at radius 1 is 1.30 bits per heavy atom. The summed E-state index contributed by atoms with van der Waals surface area (Å²) in [5.74, 6) is 1.36. The third-order valence-electron chi connectivity index (χ3n) is 3.63. The van der Waals surface area contributed by atoms with Crippen molar-refractivity contribution >= 4 is 11.6 Å². The first-order chi connectivity index (χ1) is 9.74. The second kappa shape index (κ2) is 5.33. The number of hydrogen-bond donors (Lipinski definition) is 1. The molecule has 3 rings (SSSR count). The summed E-state index contributed by atoms with van der Waals surface area (Å²) in [6.07, 6.45) is 2.67. The van der Waals surface area contributed by atoms with Crippen LogP contribution in [0, 0.1) is 5.92 Å². The average molecular weight is 268 g/mol. The van der Waals surface area contributed by atoms with Crippen molar-refractivity contribution in [3.63, 3.8) is 0 Å². The molecule has 0 spiro atoms. The van der Waals surface area contributed by atoms with E-state index in [0.717, 1.165) is 23.3 Å². The van der Waals surface area contributed by atoms with Gasteiger partial charge in [-0.3, -0.25) is 4.79 Å². The molecule has 0 bridgehead atoms. The SMILES string of the molecule is Nc1ncccc1CC(=O)C1COc2ccccc2C1. The molecule has 2 N–H and O–H groups in total. The molecule has 0 radical (unpaired) electrons. The quantitative estimate of drug-likeness (QED) is 0.925. The Hall–Kier alpha value is -2.36. The summed E-state index contributed by atoms with van der Waals surface area (Å²) in [6, 6.07) is 11.5. The molecule has 1 aromatic carbocycles. The second-order valence-corrected chi connectivity index (χ2v) is 5.01. The van der Waals surface area contributed by atoms with Gasteiger partial charge in [0, 0.05) is 18.2 Å². The number of aromatic nitrogens is 1. The van der Waals surface area contributed by atoms with Crippen molar-refractivity contribution in [2.45, 2.75) is 12.8 Å². The molecule has 2 heterocycles. The van der Waals surface area contributed by atoms with E-state index in [0.29, 0.717) is 18.8 Å². The van der Waals surface area contributed by atoms with Gasteiger partial charge in [-0.15, -0.1) is 0 Å². The molecule has 0 fully saturated rings. The standard InChI is InChI=1S/C16H16N2O2/c17-16-12(5-3-7-18-16)9-14(19)13-8-11-4-1-2-6-15(11)20-10-13/h1-7,13H,8-10H2,(H2,17,18). The molecule has 4 heteroatoms. The molecule has 0 saturated carbocycles. The first-order valence-electron chi connectivity index (χ1n) is 6.67. The van der Waals surface area contributed by atoms with E-state index in [2.05, 4.69) is 4.98 Å². The van der Waals surface area contributed by atoms with E-state index in [1.807, 2.05) is 30.3 Å². The highest BCUT2D eigenvalue weighted by molar-refractivity contribution is 5.85. The zero-order chi connectivity index (χ0) is 13.9. The number of rotatable bonds is 3. The van der Waals surface area contributed by atoms with Crippen LogP contribution in [0.4, 0.5) is 5.82 Å². The fourth-order valence-electron chi connectivity index (χ4n) is 2.47. The van der Waals surface area contributed by atoms with E-state index in [9.17, 15) is 4.79 Å². The predicted octanol–water partition coefficient (Wildman–Crippen LogP) is 2.03. The van der Waals surface area contributed by atoms with Crippen molar-refractivity contribution in [2.24, 2.45) is 5.92 Å². The van der Waals surface area contributed by atoms with Gasteiger partial charge in [0.15, 0.2) is 0 Å². The van der Waals surface area contributed by atoms with Crippen LogP contribution in [0.5, 0.6) is 5.75 Å². The van der Waals surface area contributed by atoms with E-state index < -0.39 is 0 Å². The molecular formula is C16H16N2O2. The number of nitrogen functional groups attached to an aromatic ring is 1. The van der Waals surface area contributed by atoms with E-state index in [-0.39, 0.29) is 11.7 Å². The van der Waals surface area contributed by atoms with Gasteiger partial charge in [0.1, 0.15) is 17.4 Å². The number of carbonyl (C=O) groups is 1. The third kappa shape index (κ3) is 2.50. The molecule has 1 aliphatic heterocycles. The van der Waals surface area contributed by atoms with Crippen LogP contribution in [-0.2, 0) is 17.6 Å². The van der Waals surface area contributed by atoms with Crippen LogP contribution in [0.15, 0.2) is 42.6 Å². The third-order valence-corrected chi connectivity index (χ3v) is 3.63. The highest BCUT2D eigenvalue weighted by Gasteiger charge is 2.26. The molecule has 1 unspecified atom stereocenters. The molecule has 1 atom stereocenters. The Balaban J connectivity index is 1.72. The number of nitrogens with two attached hydrogens (primary N) is 1. The highest BCUT2D eigenvalue weighted by atomic mass is 16.5. The molecule has 4 nitrogen and oxygen atoms in total. The molecule has 1 aromatic heterocycles. The second-order valence-electron chi connectivity index (χ2n) is 5.01. The number of benzene rings is 1. The highest BCUT2D eigenvalue weighted by Crippen LogP contribution is 2.27. The van der Waals surface area contributed by atoms with E-state index in [4.69, 9.17) is 10.5 Å². The van der Waals surface area contributed by atoms with Crippen LogP contribution in [0.1, 0.15) is 11.1 Å². The van der Waals surface area contributed by atoms with Gasteiger partial charge >= 0.3 is 0 Å². The first kappa shape index (κ1) is 12.7. The van der Waals surface area contributed by atoms with Gasteiger partial charge in [-0.2, -0.15) is 0 Å². The van der Waals surface area contributed by atoms with Gasteiger partial charge in [-0.1, -0.05) is 24.3 Å². The van der Waals surface area contributed by atoms with Crippen LogP contribution in [0.25, 0.3) is 0 Å². The molecule has 0 aliphatic carbocycles. The zero-order valence-electron chi connectivity index (χ0n) is 11.1. The van der Waals surface area contributed by atoms with Gasteiger partial charge in [0.05, 0.1) is 12.5 Å². The number of pyridine rings is 1. The lowest BCUT2D eigenvalue weighted by atomic mass is 9.90. The molecule has 2 aromatic rings. The van der Waals surface area contributed by atoms with Gasteiger partial charge in [0.25, 0.3) is 0 Å². The van der Waals surface area contributed by atoms with Crippen molar-refractivity contribution < 1.29 is 9.53 Å². The van der Waals surface area contributed by atoms with Crippen molar-refractivity contribution in [1.82, 2.24) is 4.98 Å². The number of ether oxygens (including phenoxy) is 1. The van der Waals surface area contributed by atoms with Crippen LogP contribution >= 0.6 is 0 Å². The number of fused-ring (bicyclic) bond motifs is 1. The summed E-state index contributed by atoms with van der Waals surface area (Å²) in [4.78, 5) is 16.4. The summed E-state index contributed by atoms with van der Waals surface area (Å²) >= 11 is 0. The number of ketones is 1. The lowest BCUT2D eigenvalue weighted by molar-refractivity contribution is -0.123. The van der Waals surface area contributed by atoms with Gasteiger partial charge in [-0.05, 0) is 24.1 Å². The first-order valence-corrected chi connectivity index (χ1v) is 6.67. The Morgan fingerprint density at radius 2 is 2.15 bits per heavy atom. The largest absolute Gasteiger partial charge is 0.493 e. The molecule has 1 aliphatic rings. The van der Waals surface area contributed by atoms with Crippen LogP contribution < -0.4 is 10.5 Å². The lowest BCUT2D eigenvalue weighted by Gasteiger charge is -2.24. The number of anilines is 1. The van der Waals surface area contributed by atoms with E-state index in [1.54, 1.807) is 12.3 Å². The summed E-state index contributed by atoms with van der Waals surface area (Å²) in [5, 5.41) is 0. The summed E-state index contributed by atoms with van der Waals surface area (Å²) in [6.45, 7) is 0.440. The normalized spacial score (nSPS) is 17.1. The topological polar surface area (TPSA) is 65.2 Å². The predicted molar refractivity (Wildman–Crippen MR) is 76.5 cm³/mol. The van der Waals surface area contributed by atoms with Gasteiger partial charge < -0.3 is 10.5 Å². The monoisotopic (exact) mass is 268 g/mol. The average Bonchev–Trinajstić information content (AvgIpc) is 2.49. The summed E-state index contributed by atoms with van der Waals surface area (Å²) < 4.78 is 5.66. The van der Waals surface area contributed by atoms with Crippen LogP contribution in [0.3, 0.4) is 0 Å². The maximum atomic E-state index is 12.4. The van der Waals surface area contributed by atoms with Crippen LogP contribution in [-0.4, -0.2) is 17.4 Å². The smallest absolute Gasteiger partial charge is 0.144 e. The number of carbonyl (C=O) groups excluding carboxylic acids is 1. The van der Waals surface area contributed by atoms with Crippen molar-refractivity contribution in [3.8, 4) is 5.75 Å². The molecule has 102 valence electrons. The van der Waals surface area contributed by atoms with Crippen LogP contribution in [0.2, 0.25) is 0 Å². The Kier molecular flexibility index (Phi) is 3.37. The number of hydrogen-bond acceptors (Lipinski definition) is 4. The fraction of sp³-hybridized carbons (Fsp3) is 0.250. The molecule has 0 amide bonds. The Labute approximate surface area is 117 Å². The maximum Gasteiger partial charge on any atom is 0.144 e. The Bertz CT molecular complexity index is 640. The zero-order valence-corrected chi connectivity index (χ0v) is 11.1. The number of para-hydroxylation sites is 1. The van der Waals surface area contributed by atoms with E-state index in [1.165, 1.54) is 0 Å². The molecule has 20 heavy (non-hydrogen) atoms. The van der Waals surface area contributed by atoms with Crippen molar-refractivity contribution in [3.05, 3.63) is 53.7 Å². The minimum atomic E-state index is -0.107. The number of Topliss-reactive ketones (excluding diaryl/α,β-unsaturated/α-hetero) is 1. The molecular weight excluding hydrogens is 252 g/mol. The van der Waals surface area contributed by atoms with E-state index >= 15 is 0 Å². The minimum Gasteiger partial charge on any atom is -0.493 e. The van der Waals surface area contributed by atoms with Gasteiger partial charge in [0.2, 0.25) is 0 Å². The number of nitrogens with zero attached hydrogens (tertiary/aromatic N) is 1. The maximum absolute atomic E-state index is 12.4. The summed E-state index contributed by atoms with van der Waals surface area (Å²) in [5.41, 5.74) is 7.66.